The van der Waals surface area contributed by atoms with Gasteiger partial charge in [0, 0.05) is 16.2 Å². The second-order valence-electron chi connectivity index (χ2n) is 3.49. The number of rotatable bonds is 2. The fourth-order valence-electron chi connectivity index (χ4n) is 1.11. The van der Waals surface area contributed by atoms with Gasteiger partial charge in [0.15, 0.2) is 0 Å². The Labute approximate surface area is 87.6 Å². The van der Waals surface area contributed by atoms with Gasteiger partial charge >= 0.3 is 0 Å². The monoisotopic (exact) mass is 242 g/mol. The van der Waals surface area contributed by atoms with Gasteiger partial charge in [0.1, 0.15) is 0 Å². The first-order valence-electron chi connectivity index (χ1n) is 4.33. The molecule has 0 aliphatic carbocycles. The molecule has 1 aromatic rings. The normalized spacial score (nSPS) is 10.5. The summed E-state index contributed by atoms with van der Waals surface area (Å²) in [6.07, 6.45) is 0. The summed E-state index contributed by atoms with van der Waals surface area (Å²) in [5.41, 5.74) is 8.78. The zero-order valence-corrected chi connectivity index (χ0v) is 9.77. The Morgan fingerprint density at radius 1 is 1.38 bits per heavy atom. The maximum Gasteiger partial charge on any atom is 0.0507 e. The molecule has 0 radical (unpaired) electrons. The molecule has 2 nitrogen and oxygen atoms in total. The molecule has 0 saturated heterocycles. The summed E-state index contributed by atoms with van der Waals surface area (Å²) >= 11 is 3.49. The Morgan fingerprint density at radius 3 is 2.54 bits per heavy atom. The Hall–Kier alpha value is -0.700. The summed E-state index contributed by atoms with van der Waals surface area (Å²) in [5.74, 6) is 0. The molecule has 0 aromatic heterocycles. The third kappa shape index (κ3) is 2.62. The highest BCUT2D eigenvalue weighted by Gasteiger charge is 2.03. The molecule has 0 fully saturated rings. The average molecular weight is 243 g/mol. The van der Waals surface area contributed by atoms with Crippen LogP contribution in [0.15, 0.2) is 16.6 Å². The van der Waals surface area contributed by atoms with Crippen molar-refractivity contribution in [3.8, 4) is 0 Å². The van der Waals surface area contributed by atoms with E-state index < -0.39 is 0 Å². The number of halogens is 1. The van der Waals surface area contributed by atoms with E-state index in [1.165, 1.54) is 0 Å². The summed E-state index contributed by atoms with van der Waals surface area (Å²) in [7, 11) is 0. The molecule has 0 saturated carbocycles. The topological polar surface area (TPSA) is 38.0 Å². The molecular formula is C10H15BrN2. The van der Waals surface area contributed by atoms with Crippen LogP contribution in [0.3, 0.4) is 0 Å². The Bertz CT molecular complexity index is 308. The molecule has 0 unspecified atom stereocenters. The molecule has 0 spiro atoms. The van der Waals surface area contributed by atoms with Gasteiger partial charge in [-0.15, -0.1) is 0 Å². The lowest BCUT2D eigenvalue weighted by atomic mass is 10.2. The van der Waals surface area contributed by atoms with Crippen molar-refractivity contribution in [1.29, 1.82) is 0 Å². The van der Waals surface area contributed by atoms with E-state index in [0.717, 1.165) is 21.4 Å². The van der Waals surface area contributed by atoms with Crippen LogP contribution in [0.25, 0.3) is 0 Å². The molecule has 0 heterocycles. The number of hydrogen-bond acceptors (Lipinski definition) is 2. The average Bonchev–Trinajstić information content (AvgIpc) is 1.99. The van der Waals surface area contributed by atoms with Crippen LogP contribution in [0.5, 0.6) is 0 Å². The van der Waals surface area contributed by atoms with Gasteiger partial charge in [-0.3, -0.25) is 0 Å². The molecule has 0 amide bonds. The van der Waals surface area contributed by atoms with Crippen LogP contribution in [0.1, 0.15) is 19.4 Å². The Kier molecular flexibility index (Phi) is 3.20. The van der Waals surface area contributed by atoms with E-state index in [0.29, 0.717) is 6.04 Å². The zero-order chi connectivity index (χ0) is 10.0. The molecule has 0 bridgehead atoms. The third-order valence-electron chi connectivity index (χ3n) is 1.80. The number of nitrogen functional groups attached to an aromatic ring is 1. The minimum Gasteiger partial charge on any atom is -0.398 e. The van der Waals surface area contributed by atoms with Gasteiger partial charge < -0.3 is 11.1 Å². The predicted octanol–water partition coefficient (Wildman–Crippen LogP) is 3.16. The second-order valence-corrected chi connectivity index (χ2v) is 4.34. The van der Waals surface area contributed by atoms with Crippen LogP contribution in [0, 0.1) is 6.92 Å². The second kappa shape index (κ2) is 4.01. The summed E-state index contributed by atoms with van der Waals surface area (Å²) in [5, 5.41) is 3.31. The van der Waals surface area contributed by atoms with Crippen LogP contribution >= 0.6 is 15.9 Å². The van der Waals surface area contributed by atoms with Crippen molar-refractivity contribution in [2.75, 3.05) is 11.1 Å². The van der Waals surface area contributed by atoms with Gasteiger partial charge in [-0.05, 0) is 54.4 Å². The maximum atomic E-state index is 5.80. The highest BCUT2D eigenvalue weighted by Crippen LogP contribution is 2.28. The summed E-state index contributed by atoms with van der Waals surface area (Å²) in [4.78, 5) is 0. The summed E-state index contributed by atoms with van der Waals surface area (Å²) in [6.45, 7) is 6.20. The van der Waals surface area contributed by atoms with Crippen molar-refractivity contribution in [3.63, 3.8) is 0 Å². The highest BCUT2D eigenvalue weighted by atomic mass is 79.9. The van der Waals surface area contributed by atoms with Crippen LogP contribution in [0.4, 0.5) is 11.4 Å². The van der Waals surface area contributed by atoms with Gasteiger partial charge in [0.25, 0.3) is 0 Å². The molecule has 3 N–H and O–H groups in total. The van der Waals surface area contributed by atoms with E-state index >= 15 is 0 Å². The lowest BCUT2D eigenvalue weighted by Gasteiger charge is -2.13. The number of aryl methyl sites for hydroxylation is 1. The van der Waals surface area contributed by atoms with E-state index in [1.54, 1.807) is 0 Å². The summed E-state index contributed by atoms with van der Waals surface area (Å²) in [6, 6.07) is 4.40. The van der Waals surface area contributed by atoms with Crippen molar-refractivity contribution < 1.29 is 0 Å². The van der Waals surface area contributed by atoms with Crippen molar-refractivity contribution in [2.24, 2.45) is 0 Å². The van der Waals surface area contributed by atoms with Gasteiger partial charge in [0.05, 0.1) is 5.69 Å². The van der Waals surface area contributed by atoms with E-state index in [2.05, 4.69) is 35.1 Å². The van der Waals surface area contributed by atoms with Crippen molar-refractivity contribution in [3.05, 3.63) is 22.2 Å². The fraction of sp³-hybridized carbons (Fsp3) is 0.400. The smallest absolute Gasteiger partial charge is 0.0507 e. The van der Waals surface area contributed by atoms with Gasteiger partial charge in [-0.2, -0.15) is 0 Å². The van der Waals surface area contributed by atoms with Gasteiger partial charge in [-0.25, -0.2) is 0 Å². The van der Waals surface area contributed by atoms with Crippen LogP contribution < -0.4 is 11.1 Å². The quantitative estimate of drug-likeness (QED) is 0.783. The molecule has 72 valence electrons. The number of nitrogens with two attached hydrogens (primary N) is 1. The third-order valence-corrected chi connectivity index (χ3v) is 2.46. The standard InChI is InChI=1S/C10H15BrN2/c1-6(2)13-10-5-9(12)7(3)4-8(10)11/h4-6,13H,12H2,1-3H3. The Balaban J connectivity index is 3.01. The predicted molar refractivity (Wildman–Crippen MR) is 62.1 cm³/mol. The SMILES string of the molecule is Cc1cc(Br)c(NC(C)C)cc1N. The van der Waals surface area contributed by atoms with Crippen LogP contribution in [-0.4, -0.2) is 6.04 Å². The van der Waals surface area contributed by atoms with E-state index in [-0.39, 0.29) is 0 Å². The van der Waals surface area contributed by atoms with E-state index in [9.17, 15) is 0 Å². The fourth-order valence-corrected chi connectivity index (χ4v) is 1.68. The molecular weight excluding hydrogens is 228 g/mol. The number of benzene rings is 1. The van der Waals surface area contributed by atoms with Crippen molar-refractivity contribution in [2.45, 2.75) is 26.8 Å². The minimum atomic E-state index is 0.415. The molecule has 0 aliphatic rings. The van der Waals surface area contributed by atoms with Gasteiger partial charge in [0.2, 0.25) is 0 Å². The first-order valence-corrected chi connectivity index (χ1v) is 5.12. The molecule has 13 heavy (non-hydrogen) atoms. The van der Waals surface area contributed by atoms with Crippen molar-refractivity contribution >= 4 is 27.3 Å². The molecule has 3 heteroatoms. The molecule has 1 rings (SSSR count). The van der Waals surface area contributed by atoms with E-state index in [1.807, 2.05) is 19.1 Å². The number of nitrogens with one attached hydrogen (secondary N) is 1. The van der Waals surface area contributed by atoms with Crippen LogP contribution in [0.2, 0.25) is 0 Å². The lowest BCUT2D eigenvalue weighted by molar-refractivity contribution is 0.898. The van der Waals surface area contributed by atoms with Gasteiger partial charge in [-0.1, -0.05) is 0 Å². The zero-order valence-electron chi connectivity index (χ0n) is 8.19. The first-order chi connectivity index (χ1) is 6.00. The number of anilines is 2. The van der Waals surface area contributed by atoms with Crippen molar-refractivity contribution in [1.82, 2.24) is 0 Å². The Morgan fingerprint density at radius 2 is 2.00 bits per heavy atom. The molecule has 0 atom stereocenters. The summed E-state index contributed by atoms with van der Waals surface area (Å²) < 4.78 is 1.06. The first kappa shape index (κ1) is 10.4. The minimum absolute atomic E-state index is 0.415. The molecule has 1 aromatic carbocycles. The lowest BCUT2D eigenvalue weighted by Crippen LogP contribution is -2.10. The highest BCUT2D eigenvalue weighted by molar-refractivity contribution is 9.10. The maximum absolute atomic E-state index is 5.80. The number of hydrogen-bond donors (Lipinski definition) is 2. The molecule has 0 aliphatic heterocycles. The van der Waals surface area contributed by atoms with Crippen LogP contribution in [-0.2, 0) is 0 Å². The van der Waals surface area contributed by atoms with E-state index in [4.69, 9.17) is 5.73 Å². The largest absolute Gasteiger partial charge is 0.398 e.